The molecule has 1 heterocycles. The summed E-state index contributed by atoms with van der Waals surface area (Å²) in [6.45, 7) is 7.14. The minimum Gasteiger partial charge on any atom is -0.490 e. The molecular weight excluding hydrogens is 252 g/mol. The summed E-state index contributed by atoms with van der Waals surface area (Å²) in [5.41, 5.74) is 8.87. The van der Waals surface area contributed by atoms with Gasteiger partial charge in [-0.15, -0.1) is 0 Å². The Labute approximate surface area is 119 Å². The minimum absolute atomic E-state index is 0.530. The second-order valence-corrected chi connectivity index (χ2v) is 4.45. The molecule has 4 nitrogen and oxygen atoms in total. The summed E-state index contributed by atoms with van der Waals surface area (Å²) < 4.78 is 11.2. The number of pyridine rings is 1. The summed E-state index contributed by atoms with van der Waals surface area (Å²) >= 11 is 0. The topological polar surface area (TPSA) is 57.4 Å². The summed E-state index contributed by atoms with van der Waals surface area (Å²) in [5.74, 6) is 2.05. The van der Waals surface area contributed by atoms with Crippen molar-refractivity contribution in [2.45, 2.75) is 20.8 Å². The first-order chi connectivity index (χ1) is 9.65. The number of benzene rings is 1. The van der Waals surface area contributed by atoms with Crippen molar-refractivity contribution < 1.29 is 9.47 Å². The van der Waals surface area contributed by atoms with E-state index in [0.717, 1.165) is 28.2 Å². The Morgan fingerprint density at radius 1 is 1.05 bits per heavy atom. The maximum Gasteiger partial charge on any atom is 0.161 e. The summed E-state index contributed by atoms with van der Waals surface area (Å²) in [5, 5.41) is 0. The number of hydrogen-bond donors (Lipinski definition) is 1. The number of ether oxygens (including phenoxy) is 2. The van der Waals surface area contributed by atoms with Gasteiger partial charge in [-0.25, -0.2) is 4.98 Å². The minimum atomic E-state index is 0.530. The number of hydrogen-bond acceptors (Lipinski definition) is 4. The van der Waals surface area contributed by atoms with Gasteiger partial charge >= 0.3 is 0 Å². The molecule has 20 heavy (non-hydrogen) atoms. The van der Waals surface area contributed by atoms with Crippen molar-refractivity contribution >= 4 is 5.82 Å². The van der Waals surface area contributed by atoms with Gasteiger partial charge in [0.15, 0.2) is 11.5 Å². The molecule has 4 heteroatoms. The number of nitrogens with two attached hydrogens (primary N) is 1. The molecule has 106 valence electrons. The highest BCUT2D eigenvalue weighted by Crippen LogP contribution is 2.34. The average molecular weight is 272 g/mol. The van der Waals surface area contributed by atoms with E-state index in [9.17, 15) is 0 Å². The first-order valence-electron chi connectivity index (χ1n) is 6.77. The lowest BCUT2D eigenvalue weighted by Crippen LogP contribution is -1.99. The molecule has 0 saturated heterocycles. The van der Waals surface area contributed by atoms with Crippen molar-refractivity contribution in [3.05, 3.63) is 36.0 Å². The zero-order valence-corrected chi connectivity index (χ0v) is 12.1. The van der Waals surface area contributed by atoms with Crippen molar-refractivity contribution in [3.8, 4) is 22.6 Å². The Balaban J connectivity index is 2.44. The van der Waals surface area contributed by atoms with Gasteiger partial charge < -0.3 is 15.2 Å². The molecular formula is C16H20N2O2. The Hall–Kier alpha value is -2.23. The number of anilines is 1. The van der Waals surface area contributed by atoms with Gasteiger partial charge in [0.05, 0.1) is 13.2 Å². The molecule has 1 aromatic heterocycles. The van der Waals surface area contributed by atoms with Crippen LogP contribution in [0.5, 0.6) is 11.5 Å². The second-order valence-electron chi connectivity index (χ2n) is 4.45. The molecule has 2 rings (SSSR count). The number of aromatic nitrogens is 1. The first kappa shape index (κ1) is 14.2. The van der Waals surface area contributed by atoms with Crippen molar-refractivity contribution in [2.24, 2.45) is 0 Å². The molecule has 0 saturated carbocycles. The molecule has 1 aromatic carbocycles. The van der Waals surface area contributed by atoms with E-state index in [1.54, 1.807) is 6.20 Å². The zero-order valence-electron chi connectivity index (χ0n) is 12.1. The predicted molar refractivity (Wildman–Crippen MR) is 81.2 cm³/mol. The summed E-state index contributed by atoms with van der Waals surface area (Å²) in [6.07, 6.45) is 1.79. The van der Waals surface area contributed by atoms with Crippen LogP contribution in [0.2, 0.25) is 0 Å². The van der Waals surface area contributed by atoms with E-state index in [1.807, 2.05) is 45.0 Å². The predicted octanol–water partition coefficient (Wildman–Crippen LogP) is 3.44. The highest BCUT2D eigenvalue weighted by atomic mass is 16.5. The first-order valence-corrected chi connectivity index (χ1v) is 6.77. The van der Waals surface area contributed by atoms with Gasteiger partial charge in [-0.1, -0.05) is 6.07 Å². The van der Waals surface area contributed by atoms with Crippen LogP contribution in [0, 0.1) is 6.92 Å². The van der Waals surface area contributed by atoms with Crippen LogP contribution in [-0.4, -0.2) is 18.2 Å². The Morgan fingerprint density at radius 2 is 1.75 bits per heavy atom. The quantitative estimate of drug-likeness (QED) is 0.905. The van der Waals surface area contributed by atoms with Gasteiger partial charge in [-0.05, 0) is 50.1 Å². The third-order valence-electron chi connectivity index (χ3n) is 2.99. The van der Waals surface area contributed by atoms with Crippen molar-refractivity contribution in [1.29, 1.82) is 0 Å². The van der Waals surface area contributed by atoms with Gasteiger partial charge in [-0.2, -0.15) is 0 Å². The van der Waals surface area contributed by atoms with Crippen LogP contribution in [0.1, 0.15) is 19.4 Å². The van der Waals surface area contributed by atoms with Crippen LogP contribution < -0.4 is 15.2 Å². The molecule has 0 bridgehead atoms. The van der Waals surface area contributed by atoms with E-state index in [-0.39, 0.29) is 0 Å². The number of nitrogen functional groups attached to an aromatic ring is 1. The van der Waals surface area contributed by atoms with Gasteiger partial charge in [0, 0.05) is 11.8 Å². The Bertz CT molecular complexity index is 597. The van der Waals surface area contributed by atoms with Crippen LogP contribution in [0.4, 0.5) is 5.82 Å². The van der Waals surface area contributed by atoms with Crippen LogP contribution in [0.3, 0.4) is 0 Å². The third-order valence-corrected chi connectivity index (χ3v) is 2.99. The normalized spacial score (nSPS) is 10.3. The molecule has 0 amide bonds. The zero-order chi connectivity index (χ0) is 14.5. The number of rotatable bonds is 5. The van der Waals surface area contributed by atoms with Crippen molar-refractivity contribution in [2.75, 3.05) is 18.9 Å². The van der Waals surface area contributed by atoms with E-state index in [2.05, 4.69) is 4.98 Å². The maximum atomic E-state index is 5.69. The van der Waals surface area contributed by atoms with Gasteiger partial charge in [0.1, 0.15) is 5.82 Å². The number of nitrogens with zero attached hydrogens (tertiary/aromatic N) is 1. The molecule has 0 radical (unpaired) electrons. The third kappa shape index (κ3) is 3.02. The van der Waals surface area contributed by atoms with Crippen molar-refractivity contribution in [3.63, 3.8) is 0 Å². The lowest BCUT2D eigenvalue weighted by Gasteiger charge is -2.13. The van der Waals surface area contributed by atoms with E-state index in [1.165, 1.54) is 0 Å². The molecule has 2 N–H and O–H groups in total. The smallest absolute Gasteiger partial charge is 0.161 e. The molecule has 0 fully saturated rings. The highest BCUT2D eigenvalue weighted by molar-refractivity contribution is 5.70. The lowest BCUT2D eigenvalue weighted by molar-refractivity contribution is 0.288. The van der Waals surface area contributed by atoms with E-state index < -0.39 is 0 Å². The molecule has 0 unspecified atom stereocenters. The summed E-state index contributed by atoms with van der Waals surface area (Å²) in [4.78, 5) is 4.16. The summed E-state index contributed by atoms with van der Waals surface area (Å²) in [6, 6.07) is 7.79. The Morgan fingerprint density at radius 3 is 2.40 bits per heavy atom. The van der Waals surface area contributed by atoms with Crippen molar-refractivity contribution in [1.82, 2.24) is 4.98 Å². The monoisotopic (exact) mass is 272 g/mol. The van der Waals surface area contributed by atoms with Crippen LogP contribution in [0.25, 0.3) is 11.1 Å². The lowest BCUT2D eigenvalue weighted by atomic mass is 10.0. The van der Waals surface area contributed by atoms with E-state index in [0.29, 0.717) is 19.0 Å². The molecule has 0 aliphatic heterocycles. The fourth-order valence-corrected chi connectivity index (χ4v) is 2.10. The molecule has 0 spiro atoms. The van der Waals surface area contributed by atoms with Gasteiger partial charge in [-0.3, -0.25) is 0 Å². The molecule has 0 aliphatic carbocycles. The highest BCUT2D eigenvalue weighted by Gasteiger charge is 2.09. The SMILES string of the molecule is CCOc1ccc(-c2cnc(N)cc2C)cc1OCC. The largest absolute Gasteiger partial charge is 0.490 e. The fourth-order valence-electron chi connectivity index (χ4n) is 2.10. The average Bonchev–Trinajstić information content (AvgIpc) is 2.41. The summed E-state index contributed by atoms with van der Waals surface area (Å²) in [7, 11) is 0. The van der Waals surface area contributed by atoms with Crippen LogP contribution in [-0.2, 0) is 0 Å². The fraction of sp³-hybridized carbons (Fsp3) is 0.312. The van der Waals surface area contributed by atoms with Gasteiger partial charge in [0.2, 0.25) is 0 Å². The van der Waals surface area contributed by atoms with E-state index >= 15 is 0 Å². The maximum absolute atomic E-state index is 5.69. The van der Waals surface area contributed by atoms with Crippen LogP contribution >= 0.6 is 0 Å². The molecule has 0 aliphatic rings. The van der Waals surface area contributed by atoms with E-state index in [4.69, 9.17) is 15.2 Å². The Kier molecular flexibility index (Phi) is 4.45. The number of aryl methyl sites for hydroxylation is 1. The molecule has 0 atom stereocenters. The second kappa shape index (κ2) is 6.28. The van der Waals surface area contributed by atoms with Crippen LogP contribution in [0.15, 0.2) is 30.5 Å². The molecule has 2 aromatic rings. The standard InChI is InChI=1S/C16H20N2O2/c1-4-19-14-7-6-12(9-15(14)20-5-2)13-10-18-16(17)8-11(13)3/h6-10H,4-5H2,1-3H3,(H2,17,18). The van der Waals surface area contributed by atoms with Gasteiger partial charge in [0.25, 0.3) is 0 Å².